The quantitative estimate of drug-likeness (QED) is 0.902. The maximum absolute atomic E-state index is 10.9. The molecule has 0 bridgehead atoms. The van der Waals surface area contributed by atoms with Crippen LogP contribution < -0.4 is 14.4 Å². The molecular weight excluding hydrogens is 246 g/mol. The Morgan fingerprint density at radius 2 is 1.95 bits per heavy atom. The molecule has 1 heterocycles. The maximum atomic E-state index is 10.9. The lowest BCUT2D eigenvalue weighted by Gasteiger charge is -2.32. The molecule has 0 spiro atoms. The topological polar surface area (TPSA) is 59.0 Å². The molecule has 1 saturated heterocycles. The lowest BCUT2D eigenvalue weighted by molar-refractivity contribution is -0.142. The van der Waals surface area contributed by atoms with Gasteiger partial charge in [0.05, 0.1) is 25.8 Å². The van der Waals surface area contributed by atoms with Crippen molar-refractivity contribution in [1.82, 2.24) is 0 Å². The molecule has 0 atom stereocenters. The Bertz CT molecular complexity index is 453. The van der Waals surface area contributed by atoms with Gasteiger partial charge in [0, 0.05) is 19.2 Å². The zero-order chi connectivity index (χ0) is 13.8. The van der Waals surface area contributed by atoms with Gasteiger partial charge in [-0.05, 0) is 25.0 Å². The molecule has 0 radical (unpaired) electrons. The second kappa shape index (κ2) is 5.82. The lowest BCUT2D eigenvalue weighted by Crippen LogP contribution is -2.36. The van der Waals surface area contributed by atoms with Crippen LogP contribution in [0.25, 0.3) is 0 Å². The van der Waals surface area contributed by atoms with Crippen molar-refractivity contribution in [3.63, 3.8) is 0 Å². The third kappa shape index (κ3) is 2.92. The third-order valence-electron chi connectivity index (χ3n) is 3.57. The van der Waals surface area contributed by atoms with Gasteiger partial charge in [-0.15, -0.1) is 0 Å². The van der Waals surface area contributed by atoms with Crippen molar-refractivity contribution in [2.24, 2.45) is 5.92 Å². The summed E-state index contributed by atoms with van der Waals surface area (Å²) in [6.07, 6.45) is 1.34. The summed E-state index contributed by atoms with van der Waals surface area (Å²) in [6.45, 7) is 1.47. The van der Waals surface area contributed by atoms with Crippen LogP contribution >= 0.6 is 0 Å². The summed E-state index contributed by atoms with van der Waals surface area (Å²) in [4.78, 5) is 13.1. The normalized spacial score (nSPS) is 16.2. The molecular formula is C14H19NO4. The Hall–Kier alpha value is -1.91. The molecule has 0 aromatic heterocycles. The molecule has 0 amide bonds. The van der Waals surface area contributed by atoms with E-state index in [9.17, 15) is 4.79 Å². The molecule has 1 aromatic rings. The molecule has 0 aliphatic carbocycles. The number of methoxy groups -OCH3 is 2. The number of piperidine rings is 1. The van der Waals surface area contributed by atoms with E-state index in [2.05, 4.69) is 4.90 Å². The molecule has 1 fully saturated rings. The van der Waals surface area contributed by atoms with Crippen molar-refractivity contribution in [2.45, 2.75) is 12.8 Å². The van der Waals surface area contributed by atoms with E-state index >= 15 is 0 Å². The van der Waals surface area contributed by atoms with Gasteiger partial charge in [-0.3, -0.25) is 4.79 Å². The molecule has 0 saturated carbocycles. The molecule has 0 unspecified atom stereocenters. The number of ether oxygens (including phenoxy) is 2. The van der Waals surface area contributed by atoms with Crippen LogP contribution in [-0.2, 0) is 4.79 Å². The van der Waals surface area contributed by atoms with E-state index in [1.54, 1.807) is 14.2 Å². The first-order valence-electron chi connectivity index (χ1n) is 6.35. The fourth-order valence-corrected chi connectivity index (χ4v) is 2.41. The van der Waals surface area contributed by atoms with Crippen LogP contribution in [0.1, 0.15) is 12.8 Å². The average Bonchev–Trinajstić information content (AvgIpc) is 2.46. The highest BCUT2D eigenvalue weighted by Gasteiger charge is 2.25. The number of carboxylic acids is 1. The molecule has 1 N–H and O–H groups in total. The van der Waals surface area contributed by atoms with Crippen LogP contribution in [0.15, 0.2) is 18.2 Å². The Labute approximate surface area is 112 Å². The first-order chi connectivity index (χ1) is 9.15. The highest BCUT2D eigenvalue weighted by molar-refractivity contribution is 5.71. The van der Waals surface area contributed by atoms with Gasteiger partial charge >= 0.3 is 5.97 Å². The molecule has 1 aliphatic heterocycles. The number of hydrogen-bond acceptors (Lipinski definition) is 4. The summed E-state index contributed by atoms with van der Waals surface area (Å²) < 4.78 is 10.5. The molecule has 19 heavy (non-hydrogen) atoms. The van der Waals surface area contributed by atoms with E-state index in [4.69, 9.17) is 14.6 Å². The van der Waals surface area contributed by atoms with Crippen LogP contribution in [0.5, 0.6) is 11.5 Å². The second-order valence-corrected chi connectivity index (χ2v) is 4.64. The van der Waals surface area contributed by atoms with Crippen LogP contribution in [0, 0.1) is 5.92 Å². The van der Waals surface area contributed by atoms with E-state index in [-0.39, 0.29) is 5.92 Å². The van der Waals surface area contributed by atoms with Gasteiger partial charge in [-0.2, -0.15) is 0 Å². The maximum Gasteiger partial charge on any atom is 0.306 e. The van der Waals surface area contributed by atoms with Gasteiger partial charge < -0.3 is 19.5 Å². The molecule has 1 aromatic carbocycles. The molecule has 1 aliphatic rings. The summed E-state index contributed by atoms with van der Waals surface area (Å²) >= 11 is 0. The fourth-order valence-electron chi connectivity index (χ4n) is 2.41. The summed E-state index contributed by atoms with van der Waals surface area (Å²) in [5.74, 6) is 0.594. The molecule has 104 valence electrons. The first-order valence-corrected chi connectivity index (χ1v) is 6.35. The lowest BCUT2D eigenvalue weighted by atomic mass is 9.96. The van der Waals surface area contributed by atoms with Crippen LogP contribution in [0.3, 0.4) is 0 Å². The average molecular weight is 265 g/mol. The van der Waals surface area contributed by atoms with Gasteiger partial charge in [0.25, 0.3) is 0 Å². The number of rotatable bonds is 4. The predicted molar refractivity (Wildman–Crippen MR) is 72.1 cm³/mol. The summed E-state index contributed by atoms with van der Waals surface area (Å²) in [6, 6.07) is 5.69. The highest BCUT2D eigenvalue weighted by Crippen LogP contribution is 2.34. The second-order valence-electron chi connectivity index (χ2n) is 4.64. The van der Waals surface area contributed by atoms with Crippen LogP contribution in [-0.4, -0.2) is 38.4 Å². The van der Waals surface area contributed by atoms with E-state index < -0.39 is 5.97 Å². The number of carbonyl (C=O) groups is 1. The molecule has 5 heteroatoms. The van der Waals surface area contributed by atoms with Crippen molar-refractivity contribution >= 4 is 11.7 Å². The van der Waals surface area contributed by atoms with Crippen molar-refractivity contribution < 1.29 is 19.4 Å². The fraction of sp³-hybridized carbons (Fsp3) is 0.500. The van der Waals surface area contributed by atoms with Gasteiger partial charge in [0.15, 0.2) is 0 Å². The Kier molecular flexibility index (Phi) is 4.14. The van der Waals surface area contributed by atoms with Crippen LogP contribution in [0.4, 0.5) is 5.69 Å². The van der Waals surface area contributed by atoms with Gasteiger partial charge in [-0.1, -0.05) is 0 Å². The molecule has 5 nitrogen and oxygen atoms in total. The standard InChI is InChI=1S/C14H19NO4/c1-18-11-3-4-12(13(9-11)19-2)15-7-5-10(6-8-15)14(16)17/h3-4,9-10H,5-8H2,1-2H3,(H,16,17). The Morgan fingerprint density at radius 1 is 1.26 bits per heavy atom. The SMILES string of the molecule is COc1ccc(N2CCC(C(=O)O)CC2)c(OC)c1. The van der Waals surface area contributed by atoms with E-state index in [0.29, 0.717) is 12.8 Å². The number of benzene rings is 1. The van der Waals surface area contributed by atoms with Gasteiger partial charge in [0.2, 0.25) is 0 Å². The Morgan fingerprint density at radius 3 is 2.47 bits per heavy atom. The summed E-state index contributed by atoms with van der Waals surface area (Å²) in [7, 11) is 3.25. The number of carboxylic acid groups (broad SMARTS) is 1. The monoisotopic (exact) mass is 265 g/mol. The van der Waals surface area contributed by atoms with Crippen molar-refractivity contribution in [3.05, 3.63) is 18.2 Å². The van der Waals surface area contributed by atoms with Gasteiger partial charge in [-0.25, -0.2) is 0 Å². The van der Waals surface area contributed by atoms with E-state index in [1.165, 1.54) is 0 Å². The van der Waals surface area contributed by atoms with Crippen molar-refractivity contribution in [1.29, 1.82) is 0 Å². The van der Waals surface area contributed by atoms with E-state index in [0.717, 1.165) is 30.3 Å². The minimum atomic E-state index is -0.693. The first kappa shape index (κ1) is 13.5. The number of aliphatic carboxylic acids is 1. The van der Waals surface area contributed by atoms with Crippen LogP contribution in [0.2, 0.25) is 0 Å². The van der Waals surface area contributed by atoms with E-state index in [1.807, 2.05) is 18.2 Å². The summed E-state index contributed by atoms with van der Waals surface area (Å²) in [5, 5.41) is 9.00. The zero-order valence-electron chi connectivity index (χ0n) is 11.3. The third-order valence-corrected chi connectivity index (χ3v) is 3.57. The smallest absolute Gasteiger partial charge is 0.306 e. The number of hydrogen-bond donors (Lipinski definition) is 1. The zero-order valence-corrected chi connectivity index (χ0v) is 11.3. The molecule has 2 rings (SSSR count). The highest BCUT2D eigenvalue weighted by atomic mass is 16.5. The number of nitrogens with zero attached hydrogens (tertiary/aromatic N) is 1. The van der Waals surface area contributed by atoms with Crippen molar-refractivity contribution in [3.8, 4) is 11.5 Å². The minimum absolute atomic E-state index is 0.222. The summed E-state index contributed by atoms with van der Waals surface area (Å²) in [5.41, 5.74) is 0.993. The van der Waals surface area contributed by atoms with Gasteiger partial charge in [0.1, 0.15) is 11.5 Å². The van der Waals surface area contributed by atoms with Crippen molar-refractivity contribution in [2.75, 3.05) is 32.2 Å². The minimum Gasteiger partial charge on any atom is -0.497 e. The number of anilines is 1. The Balaban J connectivity index is 2.12. The largest absolute Gasteiger partial charge is 0.497 e. The predicted octanol–water partition coefficient (Wildman–Crippen LogP) is 2.00.